The summed E-state index contributed by atoms with van der Waals surface area (Å²) in [7, 11) is 4.44. The standard InChI is InChI=1S/C15H19N/c1-16(2)15-12-7-5-9-14(15)13-8-4-3-6-11(13)10-12/h3-8,12,14-15H,9-10H2,1-2H3/t12-,14-,15-/m1/s1. The lowest BCUT2D eigenvalue weighted by Gasteiger charge is -2.44. The van der Waals surface area contributed by atoms with E-state index in [9.17, 15) is 0 Å². The third-order valence-corrected chi connectivity index (χ3v) is 4.13. The van der Waals surface area contributed by atoms with Crippen LogP contribution in [0.15, 0.2) is 36.4 Å². The molecule has 0 aromatic heterocycles. The molecule has 2 aliphatic rings. The number of hydrogen-bond acceptors (Lipinski definition) is 1. The Bertz CT molecular complexity index is 419. The van der Waals surface area contributed by atoms with Gasteiger partial charge in [0.2, 0.25) is 0 Å². The van der Waals surface area contributed by atoms with Gasteiger partial charge in [0, 0.05) is 12.0 Å². The van der Waals surface area contributed by atoms with Crippen LogP contribution >= 0.6 is 0 Å². The molecule has 0 radical (unpaired) electrons. The summed E-state index contributed by atoms with van der Waals surface area (Å²) in [4.78, 5) is 2.41. The number of fused-ring (bicyclic) bond motifs is 4. The average molecular weight is 213 g/mol. The Morgan fingerprint density at radius 3 is 2.81 bits per heavy atom. The average Bonchev–Trinajstić information content (AvgIpc) is 2.28. The van der Waals surface area contributed by atoms with Crippen LogP contribution < -0.4 is 0 Å². The van der Waals surface area contributed by atoms with Crippen molar-refractivity contribution in [2.24, 2.45) is 5.92 Å². The summed E-state index contributed by atoms with van der Waals surface area (Å²) in [5.74, 6) is 1.42. The van der Waals surface area contributed by atoms with Crippen molar-refractivity contribution in [3.8, 4) is 0 Å². The maximum Gasteiger partial charge on any atom is 0.0227 e. The van der Waals surface area contributed by atoms with Crippen LogP contribution in [0.1, 0.15) is 23.5 Å². The maximum absolute atomic E-state index is 2.43. The minimum absolute atomic E-state index is 0.694. The zero-order chi connectivity index (χ0) is 11.1. The Morgan fingerprint density at radius 1 is 1.19 bits per heavy atom. The van der Waals surface area contributed by atoms with Gasteiger partial charge < -0.3 is 4.90 Å². The number of nitrogens with zero attached hydrogens (tertiary/aromatic N) is 1. The van der Waals surface area contributed by atoms with Crippen molar-refractivity contribution in [2.45, 2.75) is 24.8 Å². The van der Waals surface area contributed by atoms with Crippen LogP contribution in [0, 0.1) is 5.92 Å². The first-order chi connectivity index (χ1) is 7.77. The molecular weight excluding hydrogens is 194 g/mol. The molecule has 1 heteroatoms. The number of benzene rings is 1. The van der Waals surface area contributed by atoms with Crippen molar-refractivity contribution >= 4 is 0 Å². The molecule has 2 bridgehead atoms. The van der Waals surface area contributed by atoms with Gasteiger partial charge in [0.1, 0.15) is 0 Å². The first-order valence-electron chi connectivity index (χ1n) is 6.18. The molecule has 0 unspecified atom stereocenters. The smallest absolute Gasteiger partial charge is 0.0227 e. The summed E-state index contributed by atoms with van der Waals surface area (Å²) in [5, 5.41) is 0. The Hall–Kier alpha value is -1.08. The highest BCUT2D eigenvalue weighted by Gasteiger charge is 2.37. The topological polar surface area (TPSA) is 3.24 Å². The van der Waals surface area contributed by atoms with Crippen LogP contribution in [0.4, 0.5) is 0 Å². The molecule has 0 heterocycles. The Labute approximate surface area is 97.8 Å². The molecule has 0 N–H and O–H groups in total. The maximum atomic E-state index is 2.43. The van der Waals surface area contributed by atoms with Crippen LogP contribution in [0.3, 0.4) is 0 Å². The van der Waals surface area contributed by atoms with E-state index in [0.717, 1.165) is 0 Å². The molecule has 0 amide bonds. The van der Waals surface area contributed by atoms with Crippen molar-refractivity contribution < 1.29 is 0 Å². The van der Waals surface area contributed by atoms with E-state index in [2.05, 4.69) is 55.4 Å². The SMILES string of the molecule is CN(C)[C@@H]1[C@@H]2C=CC[C@@H]1c1ccccc1C2. The minimum atomic E-state index is 0.694. The van der Waals surface area contributed by atoms with E-state index in [-0.39, 0.29) is 0 Å². The molecular formula is C15H19N. The highest BCUT2D eigenvalue weighted by Crippen LogP contribution is 2.42. The lowest BCUT2D eigenvalue weighted by atomic mass is 9.68. The molecule has 2 aliphatic carbocycles. The van der Waals surface area contributed by atoms with Gasteiger partial charge in [0.25, 0.3) is 0 Å². The van der Waals surface area contributed by atoms with Gasteiger partial charge in [-0.2, -0.15) is 0 Å². The lowest BCUT2D eigenvalue weighted by Crippen LogP contribution is -2.45. The third kappa shape index (κ3) is 1.42. The fourth-order valence-electron chi connectivity index (χ4n) is 3.53. The predicted octanol–water partition coefficient (Wildman–Crippen LogP) is 2.83. The molecule has 0 saturated heterocycles. The summed E-state index contributed by atoms with van der Waals surface area (Å²) < 4.78 is 0. The predicted molar refractivity (Wildman–Crippen MR) is 67.6 cm³/mol. The van der Waals surface area contributed by atoms with Crippen molar-refractivity contribution in [3.63, 3.8) is 0 Å². The Kier molecular flexibility index (Phi) is 2.36. The van der Waals surface area contributed by atoms with Crippen LogP contribution in [0.25, 0.3) is 0 Å². The molecule has 1 nitrogen and oxygen atoms in total. The van der Waals surface area contributed by atoms with E-state index >= 15 is 0 Å². The van der Waals surface area contributed by atoms with Crippen molar-refractivity contribution in [2.75, 3.05) is 14.1 Å². The molecule has 16 heavy (non-hydrogen) atoms. The van der Waals surface area contributed by atoms with Gasteiger partial charge in [0.05, 0.1) is 0 Å². The van der Waals surface area contributed by atoms with Crippen LogP contribution in [0.5, 0.6) is 0 Å². The molecule has 0 saturated carbocycles. The normalized spacial score (nSPS) is 31.6. The van der Waals surface area contributed by atoms with E-state index in [1.165, 1.54) is 12.8 Å². The van der Waals surface area contributed by atoms with Gasteiger partial charge in [-0.3, -0.25) is 0 Å². The quantitative estimate of drug-likeness (QED) is 0.648. The van der Waals surface area contributed by atoms with Crippen LogP contribution in [-0.2, 0) is 6.42 Å². The molecule has 3 rings (SSSR count). The number of rotatable bonds is 1. The summed E-state index contributed by atoms with van der Waals surface area (Å²) >= 11 is 0. The highest BCUT2D eigenvalue weighted by molar-refractivity contribution is 5.38. The van der Waals surface area contributed by atoms with Crippen molar-refractivity contribution in [1.29, 1.82) is 0 Å². The van der Waals surface area contributed by atoms with Gasteiger partial charge in [-0.25, -0.2) is 0 Å². The summed E-state index contributed by atoms with van der Waals surface area (Å²) in [6, 6.07) is 9.69. The summed E-state index contributed by atoms with van der Waals surface area (Å²) in [6.07, 6.45) is 7.23. The van der Waals surface area contributed by atoms with Crippen LogP contribution in [0.2, 0.25) is 0 Å². The second-order valence-corrected chi connectivity index (χ2v) is 5.29. The monoisotopic (exact) mass is 213 g/mol. The fourth-order valence-corrected chi connectivity index (χ4v) is 3.53. The van der Waals surface area contributed by atoms with E-state index in [1.54, 1.807) is 11.1 Å². The third-order valence-electron chi connectivity index (χ3n) is 4.13. The fraction of sp³-hybridized carbons (Fsp3) is 0.467. The van der Waals surface area contributed by atoms with Crippen LogP contribution in [-0.4, -0.2) is 25.0 Å². The van der Waals surface area contributed by atoms with E-state index in [4.69, 9.17) is 0 Å². The number of hydrogen-bond donors (Lipinski definition) is 0. The second kappa shape index (κ2) is 3.74. The molecule has 0 spiro atoms. The van der Waals surface area contributed by atoms with E-state index < -0.39 is 0 Å². The van der Waals surface area contributed by atoms with Gasteiger partial charge in [0.15, 0.2) is 0 Å². The van der Waals surface area contributed by atoms with Crippen molar-refractivity contribution in [3.05, 3.63) is 47.5 Å². The van der Waals surface area contributed by atoms with Gasteiger partial charge >= 0.3 is 0 Å². The molecule has 84 valence electrons. The van der Waals surface area contributed by atoms with Gasteiger partial charge in [-0.05, 0) is 44.0 Å². The van der Waals surface area contributed by atoms with E-state index in [0.29, 0.717) is 17.9 Å². The first kappa shape index (κ1) is 10.1. The Morgan fingerprint density at radius 2 is 2.00 bits per heavy atom. The molecule has 3 atom stereocenters. The number of likely N-dealkylation sites (N-methyl/N-ethyl adjacent to an activating group) is 1. The van der Waals surface area contributed by atoms with E-state index in [1.807, 2.05) is 0 Å². The Balaban J connectivity index is 2.08. The second-order valence-electron chi connectivity index (χ2n) is 5.29. The largest absolute Gasteiger partial charge is 0.305 e. The van der Waals surface area contributed by atoms with Crippen molar-refractivity contribution in [1.82, 2.24) is 4.90 Å². The van der Waals surface area contributed by atoms with Gasteiger partial charge in [-0.1, -0.05) is 36.4 Å². The molecule has 1 aromatic carbocycles. The summed E-state index contributed by atoms with van der Waals surface area (Å²) in [6.45, 7) is 0. The van der Waals surface area contributed by atoms with Gasteiger partial charge in [-0.15, -0.1) is 0 Å². The minimum Gasteiger partial charge on any atom is -0.305 e. The summed E-state index contributed by atoms with van der Waals surface area (Å²) in [5.41, 5.74) is 3.15. The number of allylic oxidation sites excluding steroid dienone is 1. The lowest BCUT2D eigenvalue weighted by molar-refractivity contribution is 0.180. The molecule has 0 fully saturated rings. The molecule has 0 aliphatic heterocycles. The zero-order valence-corrected chi connectivity index (χ0v) is 10.1. The molecule has 1 aromatic rings. The highest BCUT2D eigenvalue weighted by atomic mass is 15.1. The zero-order valence-electron chi connectivity index (χ0n) is 10.1. The first-order valence-corrected chi connectivity index (χ1v) is 6.18.